The molecular weight excluding hydrogens is 428 g/mol. The van der Waals surface area contributed by atoms with E-state index in [1.165, 1.54) is 7.11 Å². The fourth-order valence-electron chi connectivity index (χ4n) is 3.08. The number of rotatable bonds is 14. The minimum atomic E-state index is -3.70. The van der Waals surface area contributed by atoms with Crippen molar-refractivity contribution in [2.24, 2.45) is 10.1 Å². The molecular formula is C19H38BNO7PS+. The predicted molar refractivity (Wildman–Crippen MR) is 119 cm³/mol. The van der Waals surface area contributed by atoms with Crippen LogP contribution in [0.1, 0.15) is 60.8 Å². The molecule has 1 rings (SSSR count). The Bertz CT molecular complexity index is 628. The summed E-state index contributed by atoms with van der Waals surface area (Å²) in [5.41, 5.74) is 0. The van der Waals surface area contributed by atoms with E-state index in [0.717, 1.165) is 12.8 Å². The normalized spacial score (nSPS) is 25.7. The van der Waals surface area contributed by atoms with Crippen LogP contribution in [-0.2, 0) is 33.3 Å². The molecule has 11 heteroatoms. The van der Waals surface area contributed by atoms with Crippen molar-refractivity contribution in [3.8, 4) is 0 Å². The van der Waals surface area contributed by atoms with Crippen molar-refractivity contribution in [1.82, 2.24) is 0 Å². The number of hydrogen-bond donors (Lipinski definition) is 0. The van der Waals surface area contributed by atoms with Crippen LogP contribution in [0.3, 0.4) is 0 Å². The van der Waals surface area contributed by atoms with E-state index in [9.17, 15) is 8.42 Å². The van der Waals surface area contributed by atoms with Crippen molar-refractivity contribution in [1.29, 1.82) is 0 Å². The van der Waals surface area contributed by atoms with Gasteiger partial charge in [-0.15, -0.1) is 9.05 Å². The number of sulfonamides is 1. The third-order valence-corrected chi connectivity index (χ3v) is 8.16. The first-order chi connectivity index (χ1) is 14.0. The zero-order valence-corrected chi connectivity index (χ0v) is 21.0. The summed E-state index contributed by atoms with van der Waals surface area (Å²) >= 11 is 0. The lowest BCUT2D eigenvalue weighted by Crippen LogP contribution is -2.37. The molecule has 0 spiro atoms. The summed E-state index contributed by atoms with van der Waals surface area (Å²) in [7, 11) is 1.75. The highest BCUT2D eigenvalue weighted by molar-refractivity contribution is 7.92. The second kappa shape index (κ2) is 13.5. The molecule has 2 unspecified atom stereocenters. The Morgan fingerprint density at radius 1 is 1.10 bits per heavy atom. The van der Waals surface area contributed by atoms with Crippen molar-refractivity contribution in [3.63, 3.8) is 0 Å². The molecule has 0 saturated carbocycles. The number of nitrogens with zero attached hydrogens (tertiary/aromatic N) is 1. The summed E-state index contributed by atoms with van der Waals surface area (Å²) < 4.78 is 57.8. The molecule has 0 amide bonds. The minimum Gasteiger partial charge on any atom is -0.377 e. The Hall–Kier alpha value is -0.0851. The summed E-state index contributed by atoms with van der Waals surface area (Å²) in [5.74, 6) is 0.321. The molecule has 5 atom stereocenters. The second-order valence-electron chi connectivity index (χ2n) is 8.02. The molecule has 1 fully saturated rings. The van der Waals surface area contributed by atoms with Crippen LogP contribution in [0.15, 0.2) is 4.15 Å². The van der Waals surface area contributed by atoms with Crippen molar-refractivity contribution < 1.29 is 31.7 Å². The monoisotopic (exact) mass is 466 g/mol. The molecule has 0 aromatic rings. The van der Waals surface area contributed by atoms with Gasteiger partial charge in [-0.1, -0.05) is 26.7 Å². The number of ether oxygens (including phenoxy) is 3. The van der Waals surface area contributed by atoms with Gasteiger partial charge in [-0.3, -0.25) is 0 Å². The van der Waals surface area contributed by atoms with Crippen LogP contribution in [0.5, 0.6) is 0 Å². The quantitative estimate of drug-likeness (QED) is 0.284. The first-order valence-corrected chi connectivity index (χ1v) is 13.4. The van der Waals surface area contributed by atoms with Crippen LogP contribution < -0.4 is 0 Å². The van der Waals surface area contributed by atoms with E-state index in [4.69, 9.17) is 31.1 Å². The summed E-state index contributed by atoms with van der Waals surface area (Å²) in [6.45, 7) is 11.8. The second-order valence-corrected chi connectivity index (χ2v) is 11.1. The van der Waals surface area contributed by atoms with Gasteiger partial charge in [0.05, 0.1) is 22.6 Å². The van der Waals surface area contributed by atoms with Crippen LogP contribution >= 0.6 is 8.17 Å². The van der Waals surface area contributed by atoms with Gasteiger partial charge in [-0.25, -0.2) is 8.42 Å². The van der Waals surface area contributed by atoms with E-state index >= 15 is 0 Å². The zero-order valence-electron chi connectivity index (χ0n) is 19.3. The fraction of sp³-hybridized carbons (Fsp3) is 1.00. The highest BCUT2D eigenvalue weighted by Crippen LogP contribution is 2.39. The Morgan fingerprint density at radius 3 is 2.23 bits per heavy atom. The molecule has 1 aliphatic rings. The molecule has 174 valence electrons. The van der Waals surface area contributed by atoms with Gasteiger partial charge in [0.15, 0.2) is 6.10 Å². The lowest BCUT2D eigenvalue weighted by Gasteiger charge is -2.19. The maximum absolute atomic E-state index is 12.6. The molecule has 0 aromatic carbocycles. The Morgan fingerprint density at radius 2 is 1.73 bits per heavy atom. The Labute approximate surface area is 184 Å². The fourth-order valence-corrected chi connectivity index (χ4v) is 6.03. The highest BCUT2D eigenvalue weighted by atomic mass is 32.2. The van der Waals surface area contributed by atoms with Crippen LogP contribution in [0.2, 0.25) is 0 Å². The van der Waals surface area contributed by atoms with Gasteiger partial charge in [0.2, 0.25) is 0 Å². The SMILES string of the molecule is [B][C@@H]1O[C@H](COC(C)C)C(O[P+](=NS(=O)(=O)CCC(CC)CC)OC(C)C)[C@@H]1OC. The molecule has 1 saturated heterocycles. The van der Waals surface area contributed by atoms with E-state index in [1.54, 1.807) is 13.8 Å². The summed E-state index contributed by atoms with van der Waals surface area (Å²) in [6, 6.07) is -0.719. The van der Waals surface area contributed by atoms with Crippen molar-refractivity contribution in [2.75, 3.05) is 19.5 Å². The van der Waals surface area contributed by atoms with Crippen LogP contribution in [0.25, 0.3) is 0 Å². The molecule has 0 N–H and O–H groups in total. The summed E-state index contributed by atoms with van der Waals surface area (Å²) in [4.78, 5) is 0. The molecule has 0 aliphatic carbocycles. The van der Waals surface area contributed by atoms with Crippen molar-refractivity contribution >= 4 is 26.0 Å². The van der Waals surface area contributed by atoms with Crippen LogP contribution in [0, 0.1) is 5.92 Å². The third-order valence-electron chi connectivity index (χ3n) is 4.85. The van der Waals surface area contributed by atoms with Gasteiger partial charge in [0.1, 0.15) is 26.2 Å². The zero-order chi connectivity index (χ0) is 22.9. The highest BCUT2D eigenvalue weighted by Gasteiger charge is 2.49. The lowest BCUT2D eigenvalue weighted by atomic mass is 9.93. The molecule has 8 nitrogen and oxygen atoms in total. The average Bonchev–Trinajstić information content (AvgIpc) is 2.94. The largest absolute Gasteiger partial charge is 0.577 e. The molecule has 0 aromatic heterocycles. The molecule has 30 heavy (non-hydrogen) atoms. The third kappa shape index (κ3) is 9.59. The van der Waals surface area contributed by atoms with Crippen molar-refractivity contribution in [2.45, 2.75) is 97.3 Å². The Balaban J connectivity index is 3.03. The summed E-state index contributed by atoms with van der Waals surface area (Å²) in [5, 5.41) is 0. The molecule has 2 radical (unpaired) electrons. The molecule has 0 bridgehead atoms. The minimum absolute atomic E-state index is 0.00404. The van der Waals surface area contributed by atoms with E-state index in [2.05, 4.69) is 18.0 Å². The summed E-state index contributed by atoms with van der Waals surface area (Å²) in [6.07, 6.45) is 0.393. The number of hydrogen-bond acceptors (Lipinski definition) is 7. The smallest absolute Gasteiger partial charge is 0.377 e. The Kier molecular flexibility index (Phi) is 12.5. The van der Waals surface area contributed by atoms with Crippen LogP contribution in [-0.4, -0.2) is 72.3 Å². The van der Waals surface area contributed by atoms with Gasteiger partial charge >= 0.3 is 8.17 Å². The van der Waals surface area contributed by atoms with Gasteiger partial charge < -0.3 is 14.2 Å². The van der Waals surface area contributed by atoms with E-state index in [-0.39, 0.29) is 24.6 Å². The van der Waals surface area contributed by atoms with Gasteiger partial charge in [-0.2, -0.15) is 0 Å². The maximum Gasteiger partial charge on any atom is 0.577 e. The van der Waals surface area contributed by atoms with Crippen molar-refractivity contribution in [3.05, 3.63) is 0 Å². The standard InChI is InChI=1S/C19H38BNO7PS/c1-8-15(9-2)10-11-30(22,23)21-29(27-14(5)6)28-17-16(12-25-13(3)4)26-19(20)18(17)24-7/h13-19H,8-12H2,1-7H3/q+1/t16-,17?,18+,19-/m1/s1. The average molecular weight is 466 g/mol. The molecule has 1 heterocycles. The van der Waals surface area contributed by atoms with E-state index in [1.807, 2.05) is 13.8 Å². The first-order valence-electron chi connectivity index (χ1n) is 10.7. The first kappa shape index (κ1) is 27.9. The van der Waals surface area contributed by atoms with E-state index in [0.29, 0.717) is 12.3 Å². The van der Waals surface area contributed by atoms with Gasteiger partial charge in [-0.05, 0) is 40.0 Å². The predicted octanol–water partition coefficient (Wildman–Crippen LogP) is 3.78. The topological polar surface area (TPSA) is 92.7 Å². The van der Waals surface area contributed by atoms with E-state index < -0.39 is 42.5 Å². The van der Waals surface area contributed by atoms with Gasteiger partial charge in [0, 0.05) is 13.1 Å². The maximum atomic E-state index is 12.6. The molecule has 1 aliphatic heterocycles. The lowest BCUT2D eigenvalue weighted by molar-refractivity contribution is -0.0435. The van der Waals surface area contributed by atoms with Gasteiger partial charge in [0.25, 0.3) is 10.0 Å². The number of methoxy groups -OCH3 is 1. The van der Waals surface area contributed by atoms with Crippen LogP contribution in [0.4, 0.5) is 0 Å².